The fourth-order valence-electron chi connectivity index (χ4n) is 3.59. The Labute approximate surface area is 111 Å². The summed E-state index contributed by atoms with van der Waals surface area (Å²) < 4.78 is 0. The quantitative estimate of drug-likeness (QED) is 0.807. The zero-order valence-corrected chi connectivity index (χ0v) is 11.9. The maximum atomic E-state index is 12.4. The lowest BCUT2D eigenvalue weighted by Gasteiger charge is -2.42. The largest absolute Gasteiger partial charge is 0.353 e. The van der Waals surface area contributed by atoms with E-state index in [2.05, 4.69) is 19.2 Å². The van der Waals surface area contributed by atoms with E-state index in [1.807, 2.05) is 0 Å². The van der Waals surface area contributed by atoms with Crippen LogP contribution in [0.15, 0.2) is 0 Å². The fraction of sp³-hybridized carbons (Fsp3) is 0.933. The van der Waals surface area contributed by atoms with E-state index in [0.717, 1.165) is 25.7 Å². The molecule has 3 heteroatoms. The molecule has 3 nitrogen and oxygen atoms in total. The van der Waals surface area contributed by atoms with E-state index >= 15 is 0 Å². The highest BCUT2D eigenvalue weighted by Crippen LogP contribution is 2.41. The Balaban J connectivity index is 1.96. The first-order valence-electron chi connectivity index (χ1n) is 7.60. The number of hydrogen-bond donors (Lipinski definition) is 2. The van der Waals surface area contributed by atoms with Crippen molar-refractivity contribution in [3.8, 4) is 0 Å². The first-order chi connectivity index (χ1) is 8.59. The van der Waals surface area contributed by atoms with Crippen molar-refractivity contribution < 1.29 is 4.79 Å². The third kappa shape index (κ3) is 2.56. The number of hydrogen-bond acceptors (Lipinski definition) is 2. The molecule has 2 rings (SSSR count). The van der Waals surface area contributed by atoms with Gasteiger partial charge in [0.1, 0.15) is 0 Å². The van der Waals surface area contributed by atoms with Gasteiger partial charge in [-0.1, -0.05) is 33.1 Å². The van der Waals surface area contributed by atoms with E-state index in [-0.39, 0.29) is 11.3 Å². The van der Waals surface area contributed by atoms with E-state index in [9.17, 15) is 4.79 Å². The Hall–Kier alpha value is -0.570. The number of amides is 1. The Morgan fingerprint density at radius 2 is 1.94 bits per heavy atom. The lowest BCUT2D eigenvalue weighted by Crippen LogP contribution is -2.55. The van der Waals surface area contributed by atoms with E-state index in [1.54, 1.807) is 0 Å². The molecule has 2 aliphatic carbocycles. The van der Waals surface area contributed by atoms with Crippen LogP contribution >= 0.6 is 0 Å². The van der Waals surface area contributed by atoms with Gasteiger partial charge in [-0.05, 0) is 37.5 Å². The van der Waals surface area contributed by atoms with Gasteiger partial charge in [0.25, 0.3) is 0 Å². The number of nitrogens with one attached hydrogen (secondary N) is 1. The molecular formula is C15H28N2O. The third-order valence-corrected chi connectivity index (χ3v) is 5.18. The SMILES string of the molecule is CC(C)C1CCCCC1NC(=O)C1(CN)CCC1. The predicted molar refractivity (Wildman–Crippen MR) is 74.1 cm³/mol. The lowest BCUT2D eigenvalue weighted by atomic mass is 9.67. The number of rotatable bonds is 4. The fourth-order valence-corrected chi connectivity index (χ4v) is 3.59. The van der Waals surface area contributed by atoms with E-state index in [1.165, 1.54) is 19.3 Å². The summed E-state index contributed by atoms with van der Waals surface area (Å²) in [6.07, 6.45) is 8.10. The van der Waals surface area contributed by atoms with Gasteiger partial charge in [0.05, 0.1) is 5.41 Å². The highest BCUT2D eigenvalue weighted by Gasteiger charge is 2.44. The Bertz CT molecular complexity index is 291. The number of carbonyl (C=O) groups is 1. The van der Waals surface area contributed by atoms with Gasteiger partial charge in [0.2, 0.25) is 5.91 Å². The minimum Gasteiger partial charge on any atom is -0.353 e. The maximum absolute atomic E-state index is 12.4. The molecule has 0 aromatic heterocycles. The first-order valence-corrected chi connectivity index (χ1v) is 7.60. The van der Waals surface area contributed by atoms with Crippen LogP contribution in [0.4, 0.5) is 0 Å². The van der Waals surface area contributed by atoms with Gasteiger partial charge in [-0.3, -0.25) is 4.79 Å². The second-order valence-corrected chi connectivity index (χ2v) is 6.61. The summed E-state index contributed by atoms with van der Waals surface area (Å²) in [6.45, 7) is 5.06. The molecular weight excluding hydrogens is 224 g/mol. The van der Waals surface area contributed by atoms with Crippen molar-refractivity contribution in [3.05, 3.63) is 0 Å². The van der Waals surface area contributed by atoms with Crippen LogP contribution in [0, 0.1) is 17.3 Å². The first kappa shape index (κ1) is 13.9. The molecule has 0 heterocycles. The molecule has 3 N–H and O–H groups in total. The van der Waals surface area contributed by atoms with E-state index in [4.69, 9.17) is 5.73 Å². The van der Waals surface area contributed by atoms with Crippen LogP contribution in [-0.2, 0) is 4.79 Å². The molecule has 2 saturated carbocycles. The van der Waals surface area contributed by atoms with Crippen LogP contribution < -0.4 is 11.1 Å². The van der Waals surface area contributed by atoms with Crippen molar-refractivity contribution in [1.82, 2.24) is 5.32 Å². The standard InChI is InChI=1S/C15H28N2O/c1-11(2)12-6-3-4-7-13(12)17-14(18)15(10-16)8-5-9-15/h11-13H,3-10,16H2,1-2H3,(H,17,18). The van der Waals surface area contributed by atoms with Gasteiger partial charge >= 0.3 is 0 Å². The second kappa shape index (κ2) is 5.60. The zero-order valence-electron chi connectivity index (χ0n) is 11.9. The Kier molecular flexibility index (Phi) is 4.31. The summed E-state index contributed by atoms with van der Waals surface area (Å²) in [7, 11) is 0. The average Bonchev–Trinajstić information content (AvgIpc) is 2.28. The van der Waals surface area contributed by atoms with Gasteiger partial charge in [-0.2, -0.15) is 0 Å². The van der Waals surface area contributed by atoms with E-state index in [0.29, 0.717) is 24.4 Å². The summed E-state index contributed by atoms with van der Waals surface area (Å²) in [6, 6.07) is 0.385. The lowest BCUT2D eigenvalue weighted by molar-refractivity contribution is -0.136. The van der Waals surface area contributed by atoms with Crippen molar-refractivity contribution >= 4 is 5.91 Å². The van der Waals surface area contributed by atoms with Gasteiger partial charge < -0.3 is 11.1 Å². The van der Waals surface area contributed by atoms with Crippen LogP contribution in [-0.4, -0.2) is 18.5 Å². The predicted octanol–water partition coefficient (Wildman–Crippen LogP) is 2.45. The smallest absolute Gasteiger partial charge is 0.227 e. The molecule has 2 atom stereocenters. The molecule has 0 aromatic carbocycles. The molecule has 0 spiro atoms. The Morgan fingerprint density at radius 1 is 1.28 bits per heavy atom. The van der Waals surface area contributed by atoms with Crippen LogP contribution in [0.25, 0.3) is 0 Å². The maximum Gasteiger partial charge on any atom is 0.227 e. The highest BCUT2D eigenvalue weighted by molar-refractivity contribution is 5.84. The van der Waals surface area contributed by atoms with Crippen LogP contribution in [0.1, 0.15) is 58.8 Å². The normalized spacial score (nSPS) is 30.9. The molecule has 0 radical (unpaired) electrons. The highest BCUT2D eigenvalue weighted by atomic mass is 16.2. The van der Waals surface area contributed by atoms with Gasteiger partial charge in [0, 0.05) is 12.6 Å². The molecule has 104 valence electrons. The summed E-state index contributed by atoms with van der Waals surface area (Å²) in [5.74, 6) is 1.54. The van der Waals surface area contributed by atoms with Gasteiger partial charge in [0.15, 0.2) is 0 Å². The van der Waals surface area contributed by atoms with E-state index < -0.39 is 0 Å². The average molecular weight is 252 g/mol. The van der Waals surface area contributed by atoms with Crippen molar-refractivity contribution in [2.45, 2.75) is 64.8 Å². The summed E-state index contributed by atoms with van der Waals surface area (Å²) >= 11 is 0. The summed E-state index contributed by atoms with van der Waals surface area (Å²) in [5, 5.41) is 3.33. The number of nitrogens with two attached hydrogens (primary N) is 1. The molecule has 2 fully saturated rings. The third-order valence-electron chi connectivity index (χ3n) is 5.18. The van der Waals surface area contributed by atoms with Gasteiger partial charge in [-0.25, -0.2) is 0 Å². The second-order valence-electron chi connectivity index (χ2n) is 6.61. The van der Waals surface area contributed by atoms with Crippen LogP contribution in [0.3, 0.4) is 0 Å². The van der Waals surface area contributed by atoms with Gasteiger partial charge in [-0.15, -0.1) is 0 Å². The molecule has 0 bridgehead atoms. The molecule has 2 aliphatic rings. The monoisotopic (exact) mass is 252 g/mol. The molecule has 0 aromatic rings. The summed E-state index contributed by atoms with van der Waals surface area (Å²) in [5.41, 5.74) is 5.59. The van der Waals surface area contributed by atoms with Crippen molar-refractivity contribution in [3.63, 3.8) is 0 Å². The topological polar surface area (TPSA) is 55.1 Å². The van der Waals surface area contributed by atoms with Crippen molar-refractivity contribution in [2.24, 2.45) is 23.0 Å². The zero-order chi connectivity index (χ0) is 13.2. The van der Waals surface area contributed by atoms with Crippen molar-refractivity contribution in [2.75, 3.05) is 6.54 Å². The van der Waals surface area contributed by atoms with Crippen molar-refractivity contribution in [1.29, 1.82) is 0 Å². The molecule has 2 unspecified atom stereocenters. The Morgan fingerprint density at radius 3 is 2.44 bits per heavy atom. The van der Waals surface area contributed by atoms with Crippen LogP contribution in [0.2, 0.25) is 0 Å². The summed E-state index contributed by atoms with van der Waals surface area (Å²) in [4.78, 5) is 12.4. The van der Waals surface area contributed by atoms with Crippen LogP contribution in [0.5, 0.6) is 0 Å². The molecule has 0 saturated heterocycles. The molecule has 18 heavy (non-hydrogen) atoms. The molecule has 1 amide bonds. The molecule has 0 aliphatic heterocycles. The minimum absolute atomic E-state index is 0.223. The minimum atomic E-state index is -0.223. The number of carbonyl (C=O) groups excluding carboxylic acids is 1.